The first-order valence-corrected chi connectivity index (χ1v) is 7.55. The minimum Gasteiger partial charge on any atom is -0.370 e. The molecule has 1 aromatic carbocycles. The molecule has 5 nitrogen and oxygen atoms in total. The zero-order chi connectivity index (χ0) is 13.8. The molecule has 0 heterocycles. The maximum atomic E-state index is 11.3. The van der Waals surface area contributed by atoms with Crippen molar-refractivity contribution in [2.45, 2.75) is 18.7 Å². The highest BCUT2D eigenvalue weighted by Gasteiger charge is 2.06. The first-order chi connectivity index (χ1) is 8.29. The lowest BCUT2D eigenvalue weighted by atomic mass is 10.2. The normalized spacial score (nSPS) is 12.8. The Morgan fingerprint density at radius 3 is 2.33 bits per heavy atom. The van der Waals surface area contributed by atoms with E-state index >= 15 is 0 Å². The van der Waals surface area contributed by atoms with Gasteiger partial charge in [-0.05, 0) is 30.2 Å². The van der Waals surface area contributed by atoms with E-state index in [4.69, 9.17) is 5.73 Å². The Kier molecular flexibility index (Phi) is 4.72. The third-order valence-electron chi connectivity index (χ3n) is 2.18. The largest absolute Gasteiger partial charge is 0.370 e. The molecule has 0 aliphatic carbocycles. The highest BCUT2D eigenvalue weighted by Crippen LogP contribution is 2.13. The molecule has 0 bridgehead atoms. The van der Waals surface area contributed by atoms with E-state index in [1.807, 2.05) is 0 Å². The van der Waals surface area contributed by atoms with Crippen LogP contribution in [0.15, 0.2) is 34.2 Å². The van der Waals surface area contributed by atoms with Crippen molar-refractivity contribution in [3.05, 3.63) is 24.3 Å². The summed E-state index contributed by atoms with van der Waals surface area (Å²) in [4.78, 5) is 4.44. The first-order valence-electron chi connectivity index (χ1n) is 5.66. The van der Waals surface area contributed by atoms with Crippen molar-refractivity contribution in [1.82, 2.24) is 0 Å². The Labute approximate surface area is 108 Å². The Balaban J connectivity index is 2.73. The van der Waals surface area contributed by atoms with Crippen molar-refractivity contribution in [3.63, 3.8) is 0 Å². The Morgan fingerprint density at radius 2 is 1.89 bits per heavy atom. The molecule has 0 fully saturated rings. The van der Waals surface area contributed by atoms with Gasteiger partial charge in [-0.25, -0.2) is 8.42 Å². The lowest BCUT2D eigenvalue weighted by Gasteiger charge is -2.07. The van der Waals surface area contributed by atoms with E-state index in [9.17, 15) is 8.42 Å². The van der Waals surface area contributed by atoms with Crippen molar-refractivity contribution in [2.24, 2.45) is 16.6 Å². The smallest absolute Gasteiger partial charge is 0.193 e. The lowest BCUT2D eigenvalue weighted by Crippen LogP contribution is -2.23. The third-order valence-corrected chi connectivity index (χ3v) is 3.31. The molecular weight excluding hydrogens is 250 g/mol. The van der Waals surface area contributed by atoms with Gasteiger partial charge in [-0.15, -0.1) is 0 Å². The van der Waals surface area contributed by atoms with Crippen LogP contribution in [0.5, 0.6) is 0 Å². The van der Waals surface area contributed by atoms with Crippen LogP contribution < -0.4 is 11.1 Å². The second-order valence-electron chi connectivity index (χ2n) is 4.54. The van der Waals surface area contributed by atoms with Crippen LogP contribution in [-0.4, -0.2) is 27.2 Å². The third kappa shape index (κ3) is 4.75. The first kappa shape index (κ1) is 14.5. The van der Waals surface area contributed by atoms with Crippen molar-refractivity contribution in [1.29, 1.82) is 0 Å². The van der Waals surface area contributed by atoms with Gasteiger partial charge >= 0.3 is 0 Å². The zero-order valence-electron chi connectivity index (χ0n) is 10.8. The van der Waals surface area contributed by atoms with E-state index in [0.717, 1.165) is 0 Å². The van der Waals surface area contributed by atoms with Gasteiger partial charge in [-0.1, -0.05) is 13.8 Å². The molecule has 0 aliphatic rings. The second-order valence-corrected chi connectivity index (χ2v) is 6.56. The molecule has 0 unspecified atom stereocenters. The van der Waals surface area contributed by atoms with Gasteiger partial charge in [-0.3, -0.25) is 4.99 Å². The van der Waals surface area contributed by atoms with Crippen LogP contribution in [0.1, 0.15) is 13.8 Å². The molecule has 0 spiro atoms. The molecule has 0 radical (unpaired) electrons. The van der Waals surface area contributed by atoms with Gasteiger partial charge in [0.25, 0.3) is 0 Å². The number of nitrogens with one attached hydrogen (secondary N) is 1. The SMILES string of the molecule is CC(C)CN=C(N)Nc1ccc(S(C)(=O)=O)cc1. The predicted molar refractivity (Wildman–Crippen MR) is 74.5 cm³/mol. The van der Waals surface area contributed by atoms with E-state index in [1.165, 1.54) is 18.4 Å². The fourth-order valence-electron chi connectivity index (χ4n) is 1.25. The average Bonchev–Trinajstić information content (AvgIpc) is 2.26. The summed E-state index contributed by atoms with van der Waals surface area (Å²) < 4.78 is 22.5. The molecule has 3 N–H and O–H groups in total. The molecule has 0 amide bonds. The van der Waals surface area contributed by atoms with Crippen LogP contribution in [0.4, 0.5) is 5.69 Å². The van der Waals surface area contributed by atoms with Crippen molar-refractivity contribution < 1.29 is 8.42 Å². The Bertz CT molecular complexity index is 519. The molecule has 1 rings (SSSR count). The minimum atomic E-state index is -3.16. The highest BCUT2D eigenvalue weighted by molar-refractivity contribution is 7.90. The summed E-state index contributed by atoms with van der Waals surface area (Å²) in [5.74, 6) is 0.772. The number of anilines is 1. The summed E-state index contributed by atoms with van der Waals surface area (Å²) in [6, 6.07) is 6.39. The van der Waals surface area contributed by atoms with Gasteiger partial charge < -0.3 is 11.1 Å². The van der Waals surface area contributed by atoms with Gasteiger partial charge in [0.2, 0.25) is 0 Å². The van der Waals surface area contributed by atoms with E-state index in [0.29, 0.717) is 24.1 Å². The average molecular weight is 269 g/mol. The summed E-state index contributed by atoms with van der Waals surface area (Å²) in [6.07, 6.45) is 1.17. The summed E-state index contributed by atoms with van der Waals surface area (Å²) in [7, 11) is -3.16. The minimum absolute atomic E-state index is 0.283. The molecule has 0 saturated heterocycles. The second kappa shape index (κ2) is 5.86. The molecule has 1 aromatic rings. The molecule has 18 heavy (non-hydrogen) atoms. The summed E-state index contributed by atoms with van der Waals surface area (Å²) in [6.45, 7) is 4.76. The maximum Gasteiger partial charge on any atom is 0.193 e. The standard InChI is InChI=1S/C12H19N3O2S/c1-9(2)8-14-12(13)15-10-4-6-11(7-5-10)18(3,16)17/h4-7,9H,8H2,1-3H3,(H3,13,14,15). The molecule has 0 aromatic heterocycles. The number of benzene rings is 1. The van der Waals surface area contributed by atoms with E-state index in [2.05, 4.69) is 24.2 Å². The number of hydrogen-bond acceptors (Lipinski definition) is 3. The number of rotatable bonds is 4. The quantitative estimate of drug-likeness (QED) is 0.640. The number of nitrogens with two attached hydrogens (primary N) is 1. The van der Waals surface area contributed by atoms with Gasteiger partial charge in [0.05, 0.1) is 4.90 Å². The lowest BCUT2D eigenvalue weighted by molar-refractivity contribution is 0.602. The van der Waals surface area contributed by atoms with Crippen LogP contribution in [-0.2, 0) is 9.84 Å². The topological polar surface area (TPSA) is 84.5 Å². The molecule has 6 heteroatoms. The van der Waals surface area contributed by atoms with Gasteiger partial charge in [-0.2, -0.15) is 0 Å². The number of guanidine groups is 1. The zero-order valence-corrected chi connectivity index (χ0v) is 11.7. The number of sulfone groups is 1. The fourth-order valence-corrected chi connectivity index (χ4v) is 1.88. The van der Waals surface area contributed by atoms with Crippen molar-refractivity contribution in [3.8, 4) is 0 Å². The van der Waals surface area contributed by atoms with Crippen LogP contribution >= 0.6 is 0 Å². The van der Waals surface area contributed by atoms with E-state index < -0.39 is 9.84 Å². The molecule has 0 aliphatic heterocycles. The summed E-state index contributed by atoms with van der Waals surface area (Å²) >= 11 is 0. The van der Waals surface area contributed by atoms with E-state index in [-0.39, 0.29) is 4.90 Å². The van der Waals surface area contributed by atoms with Gasteiger partial charge in [0, 0.05) is 18.5 Å². The Morgan fingerprint density at radius 1 is 1.33 bits per heavy atom. The number of aliphatic imine (C=N–C) groups is 1. The summed E-state index contributed by atoms with van der Waals surface area (Å²) in [5.41, 5.74) is 6.41. The summed E-state index contributed by atoms with van der Waals surface area (Å²) in [5, 5.41) is 2.91. The predicted octanol–water partition coefficient (Wildman–Crippen LogP) is 1.47. The van der Waals surface area contributed by atoms with Crippen molar-refractivity contribution in [2.75, 3.05) is 18.1 Å². The number of hydrogen-bond donors (Lipinski definition) is 2. The molecule has 100 valence electrons. The monoisotopic (exact) mass is 269 g/mol. The van der Waals surface area contributed by atoms with Crippen molar-refractivity contribution >= 4 is 21.5 Å². The highest BCUT2D eigenvalue weighted by atomic mass is 32.2. The van der Waals surface area contributed by atoms with Gasteiger partial charge in [0.1, 0.15) is 0 Å². The fraction of sp³-hybridized carbons (Fsp3) is 0.417. The molecule has 0 saturated carbocycles. The molecule has 0 atom stereocenters. The van der Waals surface area contributed by atoms with Gasteiger partial charge in [0.15, 0.2) is 15.8 Å². The molecular formula is C12H19N3O2S. The van der Waals surface area contributed by atoms with E-state index in [1.54, 1.807) is 12.1 Å². The number of nitrogens with zero attached hydrogens (tertiary/aromatic N) is 1. The van der Waals surface area contributed by atoms with Crippen LogP contribution in [0.3, 0.4) is 0 Å². The van der Waals surface area contributed by atoms with Crippen LogP contribution in [0.25, 0.3) is 0 Å². The maximum absolute atomic E-state index is 11.3. The Hall–Kier alpha value is -1.56. The van der Waals surface area contributed by atoms with Crippen LogP contribution in [0, 0.1) is 5.92 Å². The van der Waals surface area contributed by atoms with Crippen LogP contribution in [0.2, 0.25) is 0 Å².